The Morgan fingerprint density at radius 3 is 3.00 bits per heavy atom. The highest BCUT2D eigenvalue weighted by Crippen LogP contribution is 2.34. The molecule has 134 valence electrons. The van der Waals surface area contributed by atoms with Crippen molar-refractivity contribution in [3.05, 3.63) is 35.2 Å². The van der Waals surface area contributed by atoms with Gasteiger partial charge in [-0.05, 0) is 38.5 Å². The third-order valence-corrected chi connectivity index (χ3v) is 6.09. The zero-order valence-electron chi connectivity index (χ0n) is 14.7. The number of fused-ring (bicyclic) bond motifs is 1. The minimum absolute atomic E-state index is 0.0166. The van der Waals surface area contributed by atoms with E-state index in [1.165, 1.54) is 0 Å². The van der Waals surface area contributed by atoms with Gasteiger partial charge in [-0.1, -0.05) is 16.9 Å². The summed E-state index contributed by atoms with van der Waals surface area (Å²) in [5.41, 5.74) is 3.76. The first-order chi connectivity index (χ1) is 12.6. The molecule has 1 amide bonds. The van der Waals surface area contributed by atoms with Crippen LogP contribution in [0.2, 0.25) is 0 Å². The molecule has 0 radical (unpaired) electrons. The quantitative estimate of drug-likeness (QED) is 0.355. The van der Waals surface area contributed by atoms with Gasteiger partial charge in [-0.25, -0.2) is 4.98 Å². The zero-order valence-corrected chi connectivity index (χ0v) is 16.3. The van der Waals surface area contributed by atoms with Crippen molar-refractivity contribution in [1.82, 2.24) is 10.1 Å². The van der Waals surface area contributed by atoms with Gasteiger partial charge in [-0.2, -0.15) is 0 Å². The molecule has 0 saturated heterocycles. The Hall–Kier alpha value is -2.30. The van der Waals surface area contributed by atoms with E-state index in [1.54, 1.807) is 23.1 Å². The molecule has 2 heterocycles. The second-order valence-electron chi connectivity index (χ2n) is 5.86. The van der Waals surface area contributed by atoms with Crippen LogP contribution in [0.15, 0.2) is 27.1 Å². The molecule has 0 saturated carbocycles. The monoisotopic (exact) mass is 385 g/mol. The number of thiazole rings is 1. The number of nitrogens with one attached hydrogen (secondary N) is 1. The van der Waals surface area contributed by atoms with Crippen LogP contribution in [-0.4, -0.2) is 16.0 Å². The predicted octanol–water partition coefficient (Wildman–Crippen LogP) is 4.94. The van der Waals surface area contributed by atoms with Crippen LogP contribution in [0, 0.1) is 26.2 Å². The number of aromatic nitrogens is 2. The van der Waals surface area contributed by atoms with Crippen molar-refractivity contribution in [2.45, 2.75) is 43.2 Å². The summed E-state index contributed by atoms with van der Waals surface area (Å²) in [5.74, 6) is 4.16. The van der Waals surface area contributed by atoms with E-state index in [0.717, 1.165) is 43.0 Å². The average Bonchev–Trinajstić information content (AvgIpc) is 3.16. The van der Waals surface area contributed by atoms with Crippen molar-refractivity contribution in [2.24, 2.45) is 0 Å². The van der Waals surface area contributed by atoms with E-state index >= 15 is 0 Å². The molecule has 0 aliphatic heterocycles. The molecule has 2 aromatic heterocycles. The summed E-state index contributed by atoms with van der Waals surface area (Å²) >= 11 is 3.28. The van der Waals surface area contributed by atoms with E-state index in [4.69, 9.17) is 10.9 Å². The largest absolute Gasteiger partial charge is 0.361 e. The van der Waals surface area contributed by atoms with Crippen molar-refractivity contribution in [2.75, 3.05) is 5.32 Å². The van der Waals surface area contributed by atoms with Crippen LogP contribution in [0.3, 0.4) is 0 Å². The van der Waals surface area contributed by atoms with Gasteiger partial charge < -0.3 is 9.84 Å². The fourth-order valence-corrected chi connectivity index (χ4v) is 4.72. The first-order valence-corrected chi connectivity index (χ1v) is 10.1. The molecular weight excluding hydrogens is 366 g/mol. The standard InChI is InChI=1S/C19H19N3O2S2/c1-4-5-6-7-18(23)20-14-8-9-16-17(10-14)26-19(21-16)25-11-15-12(2)22-24-13(15)3/h1,8-10H,5-7,11H2,2-3H3,(H,20,23). The number of rotatable bonds is 7. The summed E-state index contributed by atoms with van der Waals surface area (Å²) in [6, 6.07) is 5.78. The third-order valence-electron chi connectivity index (χ3n) is 3.90. The van der Waals surface area contributed by atoms with Gasteiger partial charge >= 0.3 is 0 Å². The van der Waals surface area contributed by atoms with E-state index < -0.39 is 0 Å². The second kappa shape index (κ2) is 8.39. The lowest BCUT2D eigenvalue weighted by atomic mass is 10.2. The Morgan fingerprint density at radius 1 is 1.42 bits per heavy atom. The van der Waals surface area contributed by atoms with Gasteiger partial charge in [0.05, 0.1) is 15.9 Å². The number of carbonyl (C=O) groups is 1. The third kappa shape index (κ3) is 4.45. The van der Waals surface area contributed by atoms with Crippen LogP contribution >= 0.6 is 23.1 Å². The molecule has 0 spiro atoms. The minimum Gasteiger partial charge on any atom is -0.361 e. The van der Waals surface area contributed by atoms with Gasteiger partial charge in [0.1, 0.15) is 5.76 Å². The Kier molecular flexibility index (Phi) is 5.96. The number of thioether (sulfide) groups is 1. The number of unbranched alkanes of at least 4 members (excludes halogenated alkanes) is 1. The number of hydrogen-bond donors (Lipinski definition) is 1. The molecule has 0 bridgehead atoms. The van der Waals surface area contributed by atoms with Gasteiger partial charge in [-0.15, -0.1) is 23.7 Å². The van der Waals surface area contributed by atoms with Gasteiger partial charge in [-0.3, -0.25) is 4.79 Å². The van der Waals surface area contributed by atoms with Crippen molar-refractivity contribution in [3.63, 3.8) is 0 Å². The smallest absolute Gasteiger partial charge is 0.224 e. The number of aryl methyl sites for hydroxylation is 2. The number of amides is 1. The topological polar surface area (TPSA) is 68.0 Å². The summed E-state index contributed by atoms with van der Waals surface area (Å²) in [5, 5.41) is 6.90. The molecule has 0 aliphatic carbocycles. The average molecular weight is 386 g/mol. The zero-order chi connectivity index (χ0) is 18.5. The highest BCUT2D eigenvalue weighted by Gasteiger charge is 2.12. The molecule has 1 aromatic carbocycles. The molecule has 0 atom stereocenters. The Morgan fingerprint density at radius 2 is 2.27 bits per heavy atom. The van der Waals surface area contributed by atoms with Gasteiger partial charge in [0.15, 0.2) is 4.34 Å². The summed E-state index contributed by atoms with van der Waals surface area (Å²) in [6.45, 7) is 3.87. The van der Waals surface area contributed by atoms with Crippen molar-refractivity contribution in [1.29, 1.82) is 0 Å². The summed E-state index contributed by atoms with van der Waals surface area (Å²) in [7, 11) is 0. The minimum atomic E-state index is -0.0166. The highest BCUT2D eigenvalue weighted by molar-refractivity contribution is 8.00. The van der Waals surface area contributed by atoms with Crippen LogP contribution in [0.4, 0.5) is 5.69 Å². The maximum Gasteiger partial charge on any atom is 0.224 e. The lowest BCUT2D eigenvalue weighted by Crippen LogP contribution is -2.10. The first-order valence-electron chi connectivity index (χ1n) is 8.25. The lowest BCUT2D eigenvalue weighted by molar-refractivity contribution is -0.116. The SMILES string of the molecule is C#CCCCC(=O)Nc1ccc2nc(SCc3c(C)noc3C)sc2c1. The molecule has 3 rings (SSSR count). The summed E-state index contributed by atoms with van der Waals surface area (Å²) in [6.07, 6.45) is 6.96. The predicted molar refractivity (Wildman–Crippen MR) is 106 cm³/mol. The second-order valence-corrected chi connectivity index (χ2v) is 8.11. The lowest BCUT2D eigenvalue weighted by Gasteiger charge is -2.04. The fraction of sp³-hybridized carbons (Fsp3) is 0.316. The molecule has 7 heteroatoms. The normalized spacial score (nSPS) is 10.8. The number of nitrogens with zero attached hydrogens (tertiary/aromatic N) is 2. The number of anilines is 1. The van der Waals surface area contributed by atoms with E-state index in [2.05, 4.69) is 21.4 Å². The summed E-state index contributed by atoms with van der Waals surface area (Å²) < 4.78 is 7.23. The van der Waals surface area contributed by atoms with E-state index in [9.17, 15) is 4.79 Å². The maximum atomic E-state index is 11.9. The molecule has 1 N–H and O–H groups in total. The van der Waals surface area contributed by atoms with Gasteiger partial charge in [0, 0.05) is 29.8 Å². The van der Waals surface area contributed by atoms with Crippen molar-refractivity contribution in [3.8, 4) is 12.3 Å². The Bertz CT molecular complexity index is 949. The first kappa shape index (κ1) is 18.5. The Balaban J connectivity index is 1.65. The number of hydrogen-bond acceptors (Lipinski definition) is 6. The van der Waals surface area contributed by atoms with Crippen LogP contribution in [0.1, 0.15) is 36.3 Å². The van der Waals surface area contributed by atoms with Crippen LogP contribution < -0.4 is 5.32 Å². The molecule has 26 heavy (non-hydrogen) atoms. The van der Waals surface area contributed by atoms with E-state index in [-0.39, 0.29) is 5.91 Å². The van der Waals surface area contributed by atoms with Crippen LogP contribution in [0.5, 0.6) is 0 Å². The van der Waals surface area contributed by atoms with Gasteiger partial charge in [0.2, 0.25) is 5.91 Å². The van der Waals surface area contributed by atoms with Crippen LogP contribution in [-0.2, 0) is 10.5 Å². The fourth-order valence-electron chi connectivity index (χ4n) is 2.46. The van der Waals surface area contributed by atoms with E-state index in [1.807, 2.05) is 32.0 Å². The van der Waals surface area contributed by atoms with E-state index in [0.29, 0.717) is 19.3 Å². The molecular formula is C19H19N3O2S2. The molecule has 5 nitrogen and oxygen atoms in total. The van der Waals surface area contributed by atoms with Crippen molar-refractivity contribution >= 4 is 44.9 Å². The number of terminal acetylenes is 1. The number of benzene rings is 1. The highest BCUT2D eigenvalue weighted by atomic mass is 32.2. The van der Waals surface area contributed by atoms with Gasteiger partial charge in [0.25, 0.3) is 0 Å². The molecule has 0 aliphatic rings. The molecule has 0 fully saturated rings. The van der Waals surface area contributed by atoms with Crippen LogP contribution in [0.25, 0.3) is 10.2 Å². The van der Waals surface area contributed by atoms with Crippen molar-refractivity contribution < 1.29 is 9.32 Å². The molecule has 0 unspecified atom stereocenters. The Labute approximate surface area is 160 Å². The summed E-state index contributed by atoms with van der Waals surface area (Å²) in [4.78, 5) is 16.6. The number of carbonyl (C=O) groups excluding carboxylic acids is 1. The maximum absolute atomic E-state index is 11.9. The molecule has 3 aromatic rings.